The van der Waals surface area contributed by atoms with Crippen molar-refractivity contribution in [2.45, 2.75) is 12.5 Å². The van der Waals surface area contributed by atoms with Crippen molar-refractivity contribution in [2.75, 3.05) is 7.11 Å². The lowest BCUT2D eigenvalue weighted by Gasteiger charge is -2.17. The van der Waals surface area contributed by atoms with E-state index in [1.54, 1.807) is 13.2 Å². The van der Waals surface area contributed by atoms with Gasteiger partial charge in [-0.05, 0) is 36.2 Å². The minimum atomic E-state index is -0.168. The molecule has 1 heterocycles. The van der Waals surface area contributed by atoms with E-state index in [-0.39, 0.29) is 6.04 Å². The largest absolute Gasteiger partial charge is 0.496 e. The predicted molar refractivity (Wildman–Crippen MR) is 86.1 cm³/mol. The zero-order valence-electron chi connectivity index (χ0n) is 10.6. The van der Waals surface area contributed by atoms with Gasteiger partial charge in [0.25, 0.3) is 0 Å². The van der Waals surface area contributed by atoms with Gasteiger partial charge in [0, 0.05) is 10.6 Å². The summed E-state index contributed by atoms with van der Waals surface area (Å²) in [5, 5.41) is 0.644. The maximum absolute atomic E-state index is 6.17. The maximum Gasteiger partial charge on any atom is 0.122 e. The number of hydrogen-bond acceptors (Lipinski definition) is 4. The van der Waals surface area contributed by atoms with E-state index in [9.17, 15) is 0 Å². The molecular weight excluding hydrogens is 339 g/mol. The summed E-state index contributed by atoms with van der Waals surface area (Å²) >= 11 is 19.5. The van der Waals surface area contributed by atoms with Crippen LogP contribution in [0.5, 0.6) is 5.75 Å². The molecule has 0 saturated carbocycles. The Morgan fingerprint density at radius 1 is 1.30 bits per heavy atom. The van der Waals surface area contributed by atoms with Crippen molar-refractivity contribution in [3.05, 3.63) is 49.1 Å². The van der Waals surface area contributed by atoms with Gasteiger partial charge in [0.15, 0.2) is 0 Å². The van der Waals surface area contributed by atoms with Crippen LogP contribution < -0.4 is 16.0 Å². The maximum atomic E-state index is 6.17. The van der Waals surface area contributed by atoms with Crippen LogP contribution in [0.4, 0.5) is 0 Å². The summed E-state index contributed by atoms with van der Waals surface area (Å²) in [7, 11) is 1.62. The van der Waals surface area contributed by atoms with Gasteiger partial charge in [-0.1, -0.05) is 34.8 Å². The summed E-state index contributed by atoms with van der Waals surface area (Å²) in [6.45, 7) is 0. The summed E-state index contributed by atoms with van der Waals surface area (Å²) in [5.41, 5.74) is 4.57. The van der Waals surface area contributed by atoms with Gasteiger partial charge in [0.1, 0.15) is 5.75 Å². The minimum absolute atomic E-state index is 0.168. The highest BCUT2D eigenvalue weighted by Crippen LogP contribution is 2.37. The van der Waals surface area contributed by atoms with Gasteiger partial charge < -0.3 is 4.74 Å². The van der Waals surface area contributed by atoms with Crippen LogP contribution in [-0.4, -0.2) is 7.11 Å². The number of hydrogen-bond donors (Lipinski definition) is 2. The van der Waals surface area contributed by atoms with Crippen LogP contribution in [0.1, 0.15) is 17.2 Å². The zero-order valence-corrected chi connectivity index (χ0v) is 13.7. The second kappa shape index (κ2) is 6.98. The second-order valence-corrected chi connectivity index (χ2v) is 6.88. The first-order valence-electron chi connectivity index (χ1n) is 5.78. The summed E-state index contributed by atoms with van der Waals surface area (Å²) in [5.74, 6) is 6.40. The van der Waals surface area contributed by atoms with E-state index in [2.05, 4.69) is 5.43 Å². The molecule has 0 aliphatic heterocycles. The first kappa shape index (κ1) is 15.9. The Bertz CT molecular complexity index is 603. The Labute approximate surface area is 136 Å². The molecule has 7 heteroatoms. The minimum Gasteiger partial charge on any atom is -0.496 e. The molecule has 1 aromatic heterocycles. The van der Waals surface area contributed by atoms with Crippen molar-refractivity contribution < 1.29 is 4.74 Å². The molecule has 0 bridgehead atoms. The van der Waals surface area contributed by atoms with Crippen LogP contribution in [0.25, 0.3) is 0 Å². The average Bonchev–Trinajstić information content (AvgIpc) is 2.75. The summed E-state index contributed by atoms with van der Waals surface area (Å²) in [4.78, 5) is 0. The number of nitrogens with one attached hydrogen (secondary N) is 1. The number of ether oxygens (including phenoxy) is 1. The van der Waals surface area contributed by atoms with Crippen LogP contribution in [0.2, 0.25) is 13.7 Å². The van der Waals surface area contributed by atoms with Gasteiger partial charge in [-0.3, -0.25) is 11.3 Å². The molecule has 0 spiro atoms. The standard InChI is InChI=1S/C13H13Cl3N2OS/c1-19-11-3-2-8(14)4-7(11)5-10(18-17)9-6-12(15)20-13(9)16/h2-4,6,10,18H,5,17H2,1H3. The predicted octanol–water partition coefficient (Wildman–Crippen LogP) is 4.46. The van der Waals surface area contributed by atoms with E-state index in [1.807, 2.05) is 18.2 Å². The molecule has 2 rings (SSSR count). The summed E-state index contributed by atoms with van der Waals surface area (Å²) in [6, 6.07) is 7.11. The number of rotatable bonds is 5. The molecule has 0 amide bonds. The van der Waals surface area contributed by atoms with E-state index in [1.165, 1.54) is 11.3 Å². The smallest absolute Gasteiger partial charge is 0.122 e. The number of methoxy groups -OCH3 is 1. The zero-order chi connectivity index (χ0) is 14.7. The van der Waals surface area contributed by atoms with Crippen molar-refractivity contribution in [1.29, 1.82) is 0 Å². The first-order valence-corrected chi connectivity index (χ1v) is 7.73. The fourth-order valence-corrected chi connectivity index (χ4v) is 3.75. The molecule has 1 aromatic carbocycles. The first-order chi connectivity index (χ1) is 9.55. The van der Waals surface area contributed by atoms with Gasteiger partial charge in [0.05, 0.1) is 21.8 Å². The van der Waals surface area contributed by atoms with Crippen LogP contribution >= 0.6 is 46.1 Å². The molecule has 0 radical (unpaired) electrons. The van der Waals surface area contributed by atoms with Crippen molar-refractivity contribution >= 4 is 46.1 Å². The molecule has 3 N–H and O–H groups in total. The van der Waals surface area contributed by atoms with E-state index >= 15 is 0 Å². The van der Waals surface area contributed by atoms with Crippen molar-refractivity contribution in [2.24, 2.45) is 5.84 Å². The molecule has 0 saturated heterocycles. The van der Waals surface area contributed by atoms with Gasteiger partial charge in [0.2, 0.25) is 0 Å². The molecule has 0 fully saturated rings. The SMILES string of the molecule is COc1ccc(Cl)cc1CC(NN)c1cc(Cl)sc1Cl. The van der Waals surface area contributed by atoms with Crippen LogP contribution in [-0.2, 0) is 6.42 Å². The topological polar surface area (TPSA) is 47.3 Å². The molecule has 108 valence electrons. The normalized spacial score (nSPS) is 12.4. The van der Waals surface area contributed by atoms with Gasteiger partial charge in [-0.25, -0.2) is 0 Å². The third-order valence-electron chi connectivity index (χ3n) is 2.93. The highest BCUT2D eigenvalue weighted by Gasteiger charge is 2.19. The number of thiophene rings is 1. The quantitative estimate of drug-likeness (QED) is 0.617. The Balaban J connectivity index is 2.31. The Hall–Kier alpha value is -0.490. The van der Waals surface area contributed by atoms with Crippen LogP contribution in [0.3, 0.4) is 0 Å². The van der Waals surface area contributed by atoms with Crippen molar-refractivity contribution in [3.63, 3.8) is 0 Å². The summed E-state index contributed by atoms with van der Waals surface area (Å²) in [6.07, 6.45) is 0.590. The molecule has 3 nitrogen and oxygen atoms in total. The molecule has 0 aliphatic carbocycles. The lowest BCUT2D eigenvalue weighted by Crippen LogP contribution is -2.29. The van der Waals surface area contributed by atoms with Crippen LogP contribution in [0, 0.1) is 0 Å². The van der Waals surface area contributed by atoms with E-state index in [4.69, 9.17) is 45.4 Å². The van der Waals surface area contributed by atoms with Crippen molar-refractivity contribution in [1.82, 2.24) is 5.43 Å². The van der Waals surface area contributed by atoms with E-state index < -0.39 is 0 Å². The van der Waals surface area contributed by atoms with Gasteiger partial charge in [-0.15, -0.1) is 11.3 Å². The average molecular weight is 352 g/mol. The number of benzene rings is 1. The molecule has 1 atom stereocenters. The highest BCUT2D eigenvalue weighted by molar-refractivity contribution is 7.20. The number of nitrogens with two attached hydrogens (primary N) is 1. The Morgan fingerprint density at radius 3 is 2.60 bits per heavy atom. The number of hydrazine groups is 1. The summed E-state index contributed by atoms with van der Waals surface area (Å²) < 4.78 is 6.59. The van der Waals surface area contributed by atoms with E-state index in [0.29, 0.717) is 20.1 Å². The van der Waals surface area contributed by atoms with E-state index in [0.717, 1.165) is 16.9 Å². The Morgan fingerprint density at radius 2 is 2.05 bits per heavy atom. The molecule has 0 aliphatic rings. The fraction of sp³-hybridized carbons (Fsp3) is 0.231. The lowest BCUT2D eigenvalue weighted by atomic mass is 10.0. The number of halogens is 3. The third kappa shape index (κ3) is 3.58. The molecule has 20 heavy (non-hydrogen) atoms. The van der Waals surface area contributed by atoms with Crippen LogP contribution in [0.15, 0.2) is 24.3 Å². The van der Waals surface area contributed by atoms with Crippen molar-refractivity contribution in [3.8, 4) is 5.75 Å². The van der Waals surface area contributed by atoms with Gasteiger partial charge >= 0.3 is 0 Å². The second-order valence-electron chi connectivity index (χ2n) is 4.16. The third-order valence-corrected chi connectivity index (χ3v) is 4.68. The fourth-order valence-electron chi connectivity index (χ4n) is 1.98. The molecular formula is C13H13Cl3N2OS. The molecule has 1 unspecified atom stereocenters. The molecule has 2 aromatic rings. The monoisotopic (exact) mass is 350 g/mol. The van der Waals surface area contributed by atoms with Gasteiger partial charge in [-0.2, -0.15) is 0 Å². The highest BCUT2D eigenvalue weighted by atomic mass is 35.5. The Kier molecular flexibility index (Phi) is 5.55. The lowest BCUT2D eigenvalue weighted by molar-refractivity contribution is 0.405.